The van der Waals surface area contributed by atoms with Crippen molar-refractivity contribution in [1.29, 1.82) is 0 Å². The number of carbonyl (C=O) groups is 2. The summed E-state index contributed by atoms with van der Waals surface area (Å²) in [5, 5.41) is -0.313. The molecular weight excluding hydrogens is 346 g/mol. The van der Waals surface area contributed by atoms with Crippen molar-refractivity contribution < 1.29 is 14.3 Å². The molecule has 1 aliphatic heterocycles. The van der Waals surface area contributed by atoms with E-state index in [9.17, 15) is 9.59 Å². The van der Waals surface area contributed by atoms with Gasteiger partial charge in [0.05, 0.1) is 17.2 Å². The Labute approximate surface area is 157 Å². The molecular formula is C21H21NO3S. The average Bonchev–Trinajstić information content (AvgIpc) is 2.90. The molecule has 0 radical (unpaired) electrons. The minimum Gasteiger partial charge on any atom is -0.492 e. The van der Waals surface area contributed by atoms with E-state index >= 15 is 0 Å². The molecule has 0 unspecified atom stereocenters. The van der Waals surface area contributed by atoms with Crippen LogP contribution in [0.3, 0.4) is 0 Å². The molecule has 26 heavy (non-hydrogen) atoms. The first-order chi connectivity index (χ1) is 12.5. The first-order valence-corrected chi connectivity index (χ1v) is 9.42. The quantitative estimate of drug-likeness (QED) is 0.659. The molecule has 0 bridgehead atoms. The topological polar surface area (TPSA) is 46.6 Å². The van der Waals surface area contributed by atoms with Crippen molar-refractivity contribution in [2.24, 2.45) is 0 Å². The van der Waals surface area contributed by atoms with Crippen molar-refractivity contribution in [3.63, 3.8) is 0 Å². The van der Waals surface area contributed by atoms with Crippen LogP contribution in [0.2, 0.25) is 0 Å². The Morgan fingerprint density at radius 3 is 2.42 bits per heavy atom. The molecule has 5 heteroatoms. The van der Waals surface area contributed by atoms with E-state index in [0.29, 0.717) is 28.9 Å². The SMILES string of the molecule is CCOc1ccccc1N1C(=O)S/C(=C\c2ccc(C(C)C)cc2)C1=O. The van der Waals surface area contributed by atoms with Crippen molar-refractivity contribution >= 4 is 34.7 Å². The molecule has 1 saturated heterocycles. The van der Waals surface area contributed by atoms with Crippen LogP contribution in [0.4, 0.5) is 10.5 Å². The number of nitrogens with zero attached hydrogens (tertiary/aromatic N) is 1. The fourth-order valence-electron chi connectivity index (χ4n) is 2.72. The van der Waals surface area contributed by atoms with E-state index in [4.69, 9.17) is 4.74 Å². The van der Waals surface area contributed by atoms with Crippen LogP contribution in [-0.4, -0.2) is 17.8 Å². The van der Waals surface area contributed by atoms with E-state index in [-0.39, 0.29) is 11.1 Å². The normalized spacial score (nSPS) is 16.0. The standard InChI is InChI=1S/C21H21NO3S/c1-4-25-18-8-6-5-7-17(18)22-20(23)19(26-21(22)24)13-15-9-11-16(12-10-15)14(2)3/h5-14H,4H2,1-3H3/b19-13-. The van der Waals surface area contributed by atoms with Gasteiger partial charge in [-0.25, -0.2) is 4.90 Å². The Balaban J connectivity index is 1.89. The Kier molecular flexibility index (Phi) is 5.47. The van der Waals surface area contributed by atoms with Crippen molar-refractivity contribution in [2.75, 3.05) is 11.5 Å². The first-order valence-electron chi connectivity index (χ1n) is 8.61. The van der Waals surface area contributed by atoms with Crippen LogP contribution in [-0.2, 0) is 4.79 Å². The third-order valence-corrected chi connectivity index (χ3v) is 4.97. The number of anilines is 1. The number of carbonyl (C=O) groups excluding carboxylic acids is 2. The number of hydrogen-bond acceptors (Lipinski definition) is 4. The number of hydrogen-bond donors (Lipinski definition) is 0. The van der Waals surface area contributed by atoms with Gasteiger partial charge in [0.15, 0.2) is 0 Å². The van der Waals surface area contributed by atoms with Gasteiger partial charge in [0.2, 0.25) is 0 Å². The van der Waals surface area contributed by atoms with E-state index in [1.165, 1.54) is 10.5 Å². The molecule has 2 amide bonds. The van der Waals surface area contributed by atoms with Crippen LogP contribution in [0, 0.1) is 0 Å². The van der Waals surface area contributed by atoms with Gasteiger partial charge in [-0.05, 0) is 53.9 Å². The molecule has 2 aromatic carbocycles. The molecule has 0 aliphatic carbocycles. The zero-order valence-corrected chi connectivity index (χ0v) is 15.9. The smallest absolute Gasteiger partial charge is 0.298 e. The second-order valence-electron chi connectivity index (χ2n) is 6.24. The number of thioether (sulfide) groups is 1. The molecule has 1 fully saturated rings. The molecule has 3 rings (SSSR count). The molecule has 0 aromatic heterocycles. The fourth-order valence-corrected chi connectivity index (χ4v) is 3.56. The molecule has 134 valence electrons. The van der Waals surface area contributed by atoms with Crippen molar-refractivity contribution in [1.82, 2.24) is 0 Å². The monoisotopic (exact) mass is 367 g/mol. The lowest BCUT2D eigenvalue weighted by Crippen LogP contribution is -2.28. The number of para-hydroxylation sites is 2. The van der Waals surface area contributed by atoms with Crippen molar-refractivity contribution in [2.45, 2.75) is 26.7 Å². The van der Waals surface area contributed by atoms with Gasteiger partial charge in [-0.3, -0.25) is 9.59 Å². The number of benzene rings is 2. The third-order valence-electron chi connectivity index (χ3n) is 4.10. The molecule has 0 N–H and O–H groups in total. The minimum absolute atomic E-state index is 0.313. The molecule has 2 aromatic rings. The van der Waals surface area contributed by atoms with Gasteiger partial charge in [-0.1, -0.05) is 50.2 Å². The van der Waals surface area contributed by atoms with E-state index in [0.717, 1.165) is 17.3 Å². The Hall–Kier alpha value is -2.53. The lowest BCUT2D eigenvalue weighted by Gasteiger charge is -2.16. The second kappa shape index (κ2) is 7.79. The summed E-state index contributed by atoms with van der Waals surface area (Å²) < 4.78 is 5.56. The zero-order chi connectivity index (χ0) is 18.7. The van der Waals surface area contributed by atoms with Crippen LogP contribution < -0.4 is 9.64 Å². The van der Waals surface area contributed by atoms with Crippen LogP contribution in [0.25, 0.3) is 6.08 Å². The minimum atomic E-state index is -0.319. The van der Waals surface area contributed by atoms with Crippen molar-refractivity contribution in [3.8, 4) is 5.75 Å². The van der Waals surface area contributed by atoms with E-state index < -0.39 is 0 Å². The van der Waals surface area contributed by atoms with Gasteiger partial charge in [0, 0.05) is 0 Å². The first kappa shape index (κ1) is 18.3. The molecule has 0 atom stereocenters. The summed E-state index contributed by atoms with van der Waals surface area (Å²) in [4.78, 5) is 26.9. The van der Waals surface area contributed by atoms with Crippen LogP contribution in [0.15, 0.2) is 53.4 Å². The Morgan fingerprint density at radius 1 is 1.08 bits per heavy atom. The van der Waals surface area contributed by atoms with Crippen LogP contribution in [0.1, 0.15) is 37.8 Å². The van der Waals surface area contributed by atoms with Gasteiger partial charge in [-0.15, -0.1) is 0 Å². The number of ether oxygens (including phenoxy) is 1. The van der Waals surface area contributed by atoms with Gasteiger partial charge in [0.1, 0.15) is 5.75 Å². The lowest BCUT2D eigenvalue weighted by molar-refractivity contribution is -0.113. The van der Waals surface area contributed by atoms with Gasteiger partial charge in [0.25, 0.3) is 11.1 Å². The van der Waals surface area contributed by atoms with Gasteiger partial charge >= 0.3 is 0 Å². The van der Waals surface area contributed by atoms with Crippen LogP contribution >= 0.6 is 11.8 Å². The highest BCUT2D eigenvalue weighted by Gasteiger charge is 2.37. The summed E-state index contributed by atoms with van der Waals surface area (Å²) in [5.41, 5.74) is 2.62. The third kappa shape index (κ3) is 3.68. The number of amides is 2. The second-order valence-corrected chi connectivity index (χ2v) is 7.23. The van der Waals surface area contributed by atoms with E-state index in [1.54, 1.807) is 24.3 Å². The highest BCUT2D eigenvalue weighted by Crippen LogP contribution is 2.39. The highest BCUT2D eigenvalue weighted by molar-refractivity contribution is 8.19. The summed E-state index contributed by atoms with van der Waals surface area (Å²) in [6.07, 6.45) is 1.76. The summed E-state index contributed by atoms with van der Waals surface area (Å²) in [7, 11) is 0. The Morgan fingerprint density at radius 2 is 1.77 bits per heavy atom. The van der Waals surface area contributed by atoms with Gasteiger partial charge < -0.3 is 4.74 Å². The maximum Gasteiger partial charge on any atom is 0.298 e. The molecule has 4 nitrogen and oxygen atoms in total. The molecule has 1 heterocycles. The van der Waals surface area contributed by atoms with E-state index in [1.807, 2.05) is 37.3 Å². The maximum absolute atomic E-state index is 12.8. The van der Waals surface area contributed by atoms with Gasteiger partial charge in [-0.2, -0.15) is 0 Å². The summed E-state index contributed by atoms with van der Waals surface area (Å²) in [6, 6.07) is 15.1. The highest BCUT2D eigenvalue weighted by atomic mass is 32.2. The fraction of sp³-hybridized carbons (Fsp3) is 0.238. The summed E-state index contributed by atoms with van der Waals surface area (Å²) >= 11 is 0.952. The van der Waals surface area contributed by atoms with Crippen LogP contribution in [0.5, 0.6) is 5.75 Å². The summed E-state index contributed by atoms with van der Waals surface area (Å²) in [6.45, 7) is 6.60. The molecule has 0 spiro atoms. The predicted molar refractivity (Wildman–Crippen MR) is 107 cm³/mol. The predicted octanol–water partition coefficient (Wildman–Crippen LogP) is 5.45. The molecule has 0 saturated carbocycles. The largest absolute Gasteiger partial charge is 0.492 e. The zero-order valence-electron chi connectivity index (χ0n) is 15.1. The average molecular weight is 367 g/mol. The maximum atomic E-state index is 12.8. The Bertz CT molecular complexity index is 856. The number of imide groups is 1. The number of rotatable bonds is 5. The van der Waals surface area contributed by atoms with E-state index in [2.05, 4.69) is 13.8 Å². The van der Waals surface area contributed by atoms with Crippen molar-refractivity contribution in [3.05, 3.63) is 64.6 Å². The lowest BCUT2D eigenvalue weighted by atomic mass is 10.0. The molecule has 1 aliphatic rings. The summed E-state index contributed by atoms with van der Waals surface area (Å²) in [5.74, 6) is 0.659.